The van der Waals surface area contributed by atoms with Gasteiger partial charge in [0.15, 0.2) is 0 Å². The Kier molecular flexibility index (Phi) is 4.89. The van der Waals surface area contributed by atoms with E-state index in [4.69, 9.17) is 18.0 Å². The van der Waals surface area contributed by atoms with E-state index in [1.807, 2.05) is 20.8 Å². The number of hydrogen-bond acceptors (Lipinski definition) is 3. The number of hydrogen-bond donors (Lipinski definition) is 2. The molecule has 0 radical (unpaired) electrons. The van der Waals surface area contributed by atoms with Crippen LogP contribution in [-0.2, 0) is 4.79 Å². The van der Waals surface area contributed by atoms with Crippen molar-refractivity contribution in [2.45, 2.75) is 33.3 Å². The van der Waals surface area contributed by atoms with Crippen LogP contribution < -0.4 is 5.73 Å². The zero-order chi connectivity index (χ0) is 13.2. The molecule has 1 aliphatic heterocycles. The highest BCUT2D eigenvalue weighted by Gasteiger charge is 2.33. The van der Waals surface area contributed by atoms with Gasteiger partial charge in [-0.3, -0.25) is 4.79 Å². The zero-order valence-corrected chi connectivity index (χ0v) is 11.5. The van der Waals surface area contributed by atoms with Crippen molar-refractivity contribution in [3.8, 4) is 0 Å². The lowest BCUT2D eigenvalue weighted by atomic mass is 9.91. The average Bonchev–Trinajstić information content (AvgIpc) is 2.20. The molecule has 0 spiro atoms. The predicted octanol–water partition coefficient (Wildman–Crippen LogP) is 0.774. The summed E-state index contributed by atoms with van der Waals surface area (Å²) < 4.78 is 0. The molecule has 3 atom stereocenters. The number of rotatable bonds is 3. The van der Waals surface area contributed by atoms with Crippen LogP contribution in [0.1, 0.15) is 27.2 Å². The van der Waals surface area contributed by atoms with Gasteiger partial charge in [0.1, 0.15) is 0 Å². The van der Waals surface area contributed by atoms with Gasteiger partial charge >= 0.3 is 0 Å². The second kappa shape index (κ2) is 5.78. The van der Waals surface area contributed by atoms with Gasteiger partial charge in [-0.15, -0.1) is 0 Å². The minimum atomic E-state index is -0.382. The van der Waals surface area contributed by atoms with E-state index in [0.717, 1.165) is 0 Å². The zero-order valence-electron chi connectivity index (χ0n) is 10.7. The van der Waals surface area contributed by atoms with E-state index in [2.05, 4.69) is 0 Å². The summed E-state index contributed by atoms with van der Waals surface area (Å²) in [5.74, 6) is -0.146. The van der Waals surface area contributed by atoms with Gasteiger partial charge in [0.25, 0.3) is 0 Å². The van der Waals surface area contributed by atoms with Crippen molar-refractivity contribution in [3.63, 3.8) is 0 Å². The minimum Gasteiger partial charge on any atom is -0.393 e. The summed E-state index contributed by atoms with van der Waals surface area (Å²) in [5.41, 5.74) is 5.64. The van der Waals surface area contributed by atoms with E-state index >= 15 is 0 Å². The Labute approximate surface area is 108 Å². The number of aliphatic hydroxyl groups excluding tert-OH is 1. The lowest BCUT2D eigenvalue weighted by Crippen LogP contribution is -2.50. The Bertz CT molecular complexity index is 307. The van der Waals surface area contributed by atoms with Crippen LogP contribution in [0.4, 0.5) is 0 Å². The van der Waals surface area contributed by atoms with Crippen molar-refractivity contribution >= 4 is 23.1 Å². The Hall–Kier alpha value is -0.680. The van der Waals surface area contributed by atoms with Crippen LogP contribution in [0, 0.1) is 17.8 Å². The third-order valence-corrected chi connectivity index (χ3v) is 3.66. The first-order valence-corrected chi connectivity index (χ1v) is 6.51. The Morgan fingerprint density at radius 3 is 2.53 bits per heavy atom. The second-order valence-corrected chi connectivity index (χ2v) is 5.71. The first kappa shape index (κ1) is 14.4. The summed E-state index contributed by atoms with van der Waals surface area (Å²) in [4.78, 5) is 14.4. The maximum Gasteiger partial charge on any atom is 0.232 e. The second-order valence-electron chi connectivity index (χ2n) is 5.24. The van der Waals surface area contributed by atoms with Crippen LogP contribution in [0.15, 0.2) is 0 Å². The number of aliphatic hydroxyl groups is 1. The molecule has 3 unspecified atom stereocenters. The molecule has 98 valence electrons. The number of piperidine rings is 1. The molecule has 1 amide bonds. The van der Waals surface area contributed by atoms with E-state index in [1.54, 1.807) is 4.90 Å². The lowest BCUT2D eigenvalue weighted by Gasteiger charge is -2.36. The molecule has 1 saturated heterocycles. The molecule has 0 aliphatic carbocycles. The molecule has 0 aromatic rings. The molecular formula is C12H22N2O2S. The minimum absolute atomic E-state index is 0.00579. The monoisotopic (exact) mass is 258 g/mol. The van der Waals surface area contributed by atoms with Crippen LogP contribution in [0.3, 0.4) is 0 Å². The van der Waals surface area contributed by atoms with Crippen LogP contribution in [-0.4, -0.2) is 40.1 Å². The topological polar surface area (TPSA) is 66.6 Å². The summed E-state index contributed by atoms with van der Waals surface area (Å²) in [6.07, 6.45) is 0.330. The van der Waals surface area contributed by atoms with Gasteiger partial charge < -0.3 is 15.7 Å². The first-order valence-electron chi connectivity index (χ1n) is 6.10. The summed E-state index contributed by atoms with van der Waals surface area (Å²) in [6, 6.07) is 0. The van der Waals surface area contributed by atoms with E-state index in [1.165, 1.54) is 0 Å². The molecule has 1 heterocycles. The number of likely N-dealkylation sites (tertiary alicyclic amines) is 1. The molecule has 0 aromatic heterocycles. The maximum atomic E-state index is 12.3. The van der Waals surface area contributed by atoms with Crippen molar-refractivity contribution in [1.29, 1.82) is 0 Å². The fraction of sp³-hybridized carbons (Fsp3) is 0.833. The average molecular weight is 258 g/mol. The number of carbonyl (C=O) groups is 1. The fourth-order valence-corrected chi connectivity index (χ4v) is 2.64. The van der Waals surface area contributed by atoms with Gasteiger partial charge in [-0.25, -0.2) is 0 Å². The summed E-state index contributed by atoms with van der Waals surface area (Å²) in [6.45, 7) is 7.03. The molecule has 1 fully saturated rings. The smallest absolute Gasteiger partial charge is 0.232 e. The van der Waals surface area contributed by atoms with Crippen molar-refractivity contribution in [3.05, 3.63) is 0 Å². The molecule has 1 rings (SSSR count). The van der Waals surface area contributed by atoms with E-state index in [-0.39, 0.29) is 34.8 Å². The number of nitrogens with two attached hydrogens (primary N) is 1. The Morgan fingerprint density at radius 1 is 1.53 bits per heavy atom. The van der Waals surface area contributed by atoms with Gasteiger partial charge in [-0.1, -0.05) is 33.0 Å². The van der Waals surface area contributed by atoms with Crippen molar-refractivity contribution in [2.24, 2.45) is 23.5 Å². The number of thiocarbonyl (C=S) groups is 1. The summed E-state index contributed by atoms with van der Waals surface area (Å²) in [5, 5.41) is 9.65. The number of carbonyl (C=O) groups excluding carboxylic acids is 1. The Morgan fingerprint density at radius 2 is 2.12 bits per heavy atom. The number of nitrogens with zero attached hydrogens (tertiary/aromatic N) is 1. The van der Waals surface area contributed by atoms with Crippen LogP contribution in [0.5, 0.6) is 0 Å². The van der Waals surface area contributed by atoms with Gasteiger partial charge in [0.2, 0.25) is 5.91 Å². The van der Waals surface area contributed by atoms with E-state index in [0.29, 0.717) is 19.5 Å². The summed E-state index contributed by atoms with van der Waals surface area (Å²) >= 11 is 4.97. The van der Waals surface area contributed by atoms with Gasteiger partial charge in [-0.05, 0) is 18.3 Å². The van der Waals surface area contributed by atoms with E-state index in [9.17, 15) is 9.90 Å². The Balaban J connectivity index is 2.72. The van der Waals surface area contributed by atoms with Crippen molar-refractivity contribution in [2.75, 3.05) is 13.1 Å². The highest BCUT2D eigenvalue weighted by molar-refractivity contribution is 7.80. The molecular weight excluding hydrogens is 236 g/mol. The van der Waals surface area contributed by atoms with Gasteiger partial charge in [0, 0.05) is 13.1 Å². The SMILES string of the molecule is CC(C)C(C(=O)N1CCC(O)C(C)C1)C(N)=S. The standard InChI is InChI=1S/C12H22N2O2S/c1-7(2)10(11(13)17)12(16)14-5-4-9(15)8(3)6-14/h7-10,15H,4-6H2,1-3H3,(H2,13,17). The molecule has 1 aliphatic rings. The predicted molar refractivity (Wildman–Crippen MR) is 71.5 cm³/mol. The largest absolute Gasteiger partial charge is 0.393 e. The summed E-state index contributed by atoms with van der Waals surface area (Å²) in [7, 11) is 0. The van der Waals surface area contributed by atoms with Gasteiger partial charge in [0.05, 0.1) is 17.0 Å². The fourth-order valence-electron chi connectivity index (χ4n) is 2.27. The highest BCUT2D eigenvalue weighted by atomic mass is 32.1. The molecule has 0 saturated carbocycles. The van der Waals surface area contributed by atoms with Crippen LogP contribution in [0.2, 0.25) is 0 Å². The first-order chi connectivity index (χ1) is 7.84. The third-order valence-electron chi connectivity index (χ3n) is 3.41. The van der Waals surface area contributed by atoms with Gasteiger partial charge in [-0.2, -0.15) is 0 Å². The molecule has 0 aromatic carbocycles. The van der Waals surface area contributed by atoms with Crippen molar-refractivity contribution in [1.82, 2.24) is 4.90 Å². The van der Waals surface area contributed by atoms with Crippen molar-refractivity contribution < 1.29 is 9.90 Å². The highest BCUT2D eigenvalue weighted by Crippen LogP contribution is 2.21. The molecule has 17 heavy (non-hydrogen) atoms. The maximum absolute atomic E-state index is 12.3. The van der Waals surface area contributed by atoms with Crippen LogP contribution in [0.25, 0.3) is 0 Å². The van der Waals surface area contributed by atoms with E-state index < -0.39 is 0 Å². The molecule has 0 bridgehead atoms. The lowest BCUT2D eigenvalue weighted by molar-refractivity contribution is -0.137. The third kappa shape index (κ3) is 3.39. The normalized spacial score (nSPS) is 27.0. The molecule has 3 N–H and O–H groups in total. The number of amides is 1. The molecule has 4 nitrogen and oxygen atoms in total. The van der Waals surface area contributed by atoms with Crippen LogP contribution >= 0.6 is 12.2 Å². The molecule has 5 heteroatoms. The quantitative estimate of drug-likeness (QED) is 0.734.